The molecular weight excluding hydrogens is 412 g/mol. The lowest BCUT2D eigenvalue weighted by molar-refractivity contribution is -0.120. The Morgan fingerprint density at radius 2 is 1.84 bits per heavy atom. The Hall–Kier alpha value is -2.96. The zero-order valence-corrected chi connectivity index (χ0v) is 18.9. The normalized spacial score (nSPS) is 22.6. The van der Waals surface area contributed by atoms with Gasteiger partial charge in [0, 0.05) is 29.7 Å². The third-order valence-electron chi connectivity index (χ3n) is 6.94. The van der Waals surface area contributed by atoms with Crippen molar-refractivity contribution in [1.82, 2.24) is 10.2 Å². The maximum atomic E-state index is 13.8. The predicted octanol–water partition coefficient (Wildman–Crippen LogP) is 4.61. The quantitative estimate of drug-likeness (QED) is 0.756. The van der Waals surface area contributed by atoms with Crippen LogP contribution in [-0.4, -0.2) is 41.0 Å². The van der Waals surface area contributed by atoms with Crippen LogP contribution >= 0.6 is 0 Å². The molecule has 0 radical (unpaired) electrons. The molecule has 32 heavy (non-hydrogen) atoms. The highest BCUT2D eigenvalue weighted by Gasteiger charge is 2.45. The number of amides is 3. The molecule has 2 aliphatic rings. The molecule has 1 fully saturated rings. The predicted molar refractivity (Wildman–Crippen MR) is 120 cm³/mol. The summed E-state index contributed by atoms with van der Waals surface area (Å²) in [4.78, 5) is 29.8. The third-order valence-corrected chi connectivity index (χ3v) is 6.94. The van der Waals surface area contributed by atoms with Gasteiger partial charge in [0.25, 0.3) is 0 Å². The van der Waals surface area contributed by atoms with E-state index in [1.54, 1.807) is 22.8 Å². The first kappa shape index (κ1) is 22.2. The Morgan fingerprint density at radius 1 is 1.12 bits per heavy atom. The number of hydrogen-bond acceptors (Lipinski definition) is 2. The van der Waals surface area contributed by atoms with Gasteiger partial charge in [-0.3, -0.25) is 4.79 Å². The van der Waals surface area contributed by atoms with Gasteiger partial charge in [0.15, 0.2) is 11.6 Å². The van der Waals surface area contributed by atoms with Crippen LogP contribution in [0.15, 0.2) is 42.5 Å². The Morgan fingerprint density at radius 3 is 2.56 bits per heavy atom. The molecule has 0 aliphatic carbocycles. The Balaban J connectivity index is 1.47. The SMILES string of the molecule is CC(NC(=O)N1CCC(c2ccc(F)c(F)c2)C1(C)C)C(=O)N1c2ccccc2CC1C. The highest BCUT2D eigenvalue weighted by Crippen LogP contribution is 2.42. The molecule has 2 aromatic carbocycles. The molecule has 3 unspecified atom stereocenters. The number of nitrogens with zero attached hydrogens (tertiary/aromatic N) is 2. The number of carbonyl (C=O) groups is 2. The monoisotopic (exact) mass is 441 g/mol. The summed E-state index contributed by atoms with van der Waals surface area (Å²) in [5.41, 5.74) is 2.06. The lowest BCUT2D eigenvalue weighted by Crippen LogP contribution is -2.55. The van der Waals surface area contributed by atoms with Gasteiger partial charge < -0.3 is 15.1 Å². The molecule has 1 saturated heterocycles. The second-order valence-corrected chi connectivity index (χ2v) is 9.38. The van der Waals surface area contributed by atoms with Crippen LogP contribution in [0.2, 0.25) is 0 Å². The summed E-state index contributed by atoms with van der Waals surface area (Å²) < 4.78 is 27.1. The van der Waals surface area contributed by atoms with Crippen LogP contribution in [0.4, 0.5) is 19.3 Å². The van der Waals surface area contributed by atoms with Crippen molar-refractivity contribution in [3.05, 3.63) is 65.2 Å². The third kappa shape index (κ3) is 3.74. The molecule has 2 aliphatic heterocycles. The van der Waals surface area contributed by atoms with Gasteiger partial charge in [-0.05, 0) is 69.9 Å². The number of halogens is 2. The van der Waals surface area contributed by atoms with Gasteiger partial charge >= 0.3 is 6.03 Å². The van der Waals surface area contributed by atoms with E-state index in [4.69, 9.17) is 0 Å². The van der Waals surface area contributed by atoms with Crippen LogP contribution < -0.4 is 10.2 Å². The molecular formula is C25H29F2N3O2. The summed E-state index contributed by atoms with van der Waals surface area (Å²) in [6.07, 6.45) is 1.42. The van der Waals surface area contributed by atoms with E-state index in [0.29, 0.717) is 18.5 Å². The summed E-state index contributed by atoms with van der Waals surface area (Å²) in [5.74, 6) is -2.06. The van der Waals surface area contributed by atoms with Crippen molar-refractivity contribution >= 4 is 17.6 Å². The standard InChI is InChI=1S/C25H29F2N3O2/c1-15-13-18-7-5-6-8-22(18)30(15)23(31)16(2)28-24(32)29-12-11-19(25(29,3)4)17-9-10-20(26)21(27)14-17/h5-10,14-16,19H,11-13H2,1-4H3,(H,28,32). The molecule has 4 rings (SSSR count). The average molecular weight is 442 g/mol. The Kier molecular flexibility index (Phi) is 5.69. The van der Waals surface area contributed by atoms with Gasteiger partial charge in [0.2, 0.25) is 5.91 Å². The van der Waals surface area contributed by atoms with Crippen molar-refractivity contribution in [2.75, 3.05) is 11.4 Å². The van der Waals surface area contributed by atoms with Gasteiger partial charge in [0.1, 0.15) is 6.04 Å². The first-order chi connectivity index (χ1) is 15.1. The highest BCUT2D eigenvalue weighted by molar-refractivity contribution is 6.01. The number of fused-ring (bicyclic) bond motifs is 1. The molecule has 0 spiro atoms. The van der Waals surface area contributed by atoms with Crippen molar-refractivity contribution in [2.45, 2.75) is 64.1 Å². The smallest absolute Gasteiger partial charge is 0.318 e. The zero-order valence-electron chi connectivity index (χ0n) is 18.9. The first-order valence-corrected chi connectivity index (χ1v) is 11.0. The average Bonchev–Trinajstić information content (AvgIpc) is 3.24. The van der Waals surface area contributed by atoms with Crippen molar-refractivity contribution in [2.24, 2.45) is 0 Å². The highest BCUT2D eigenvalue weighted by atomic mass is 19.2. The number of carbonyl (C=O) groups excluding carboxylic acids is 2. The van der Waals surface area contributed by atoms with Crippen LogP contribution in [0.5, 0.6) is 0 Å². The minimum atomic E-state index is -0.888. The number of anilines is 1. The summed E-state index contributed by atoms with van der Waals surface area (Å²) in [7, 11) is 0. The molecule has 2 heterocycles. The minimum Gasteiger partial charge on any atom is -0.326 e. The topological polar surface area (TPSA) is 52.7 Å². The van der Waals surface area contributed by atoms with E-state index in [9.17, 15) is 18.4 Å². The fourth-order valence-corrected chi connectivity index (χ4v) is 5.19. The van der Waals surface area contributed by atoms with Crippen molar-refractivity contribution in [3.63, 3.8) is 0 Å². The molecule has 3 atom stereocenters. The number of rotatable bonds is 3. The van der Waals surface area contributed by atoms with Crippen LogP contribution in [0.25, 0.3) is 0 Å². The van der Waals surface area contributed by atoms with E-state index in [1.165, 1.54) is 6.07 Å². The number of likely N-dealkylation sites (tertiary alicyclic amines) is 1. The largest absolute Gasteiger partial charge is 0.326 e. The zero-order chi connectivity index (χ0) is 23.2. The maximum Gasteiger partial charge on any atom is 0.318 e. The van der Waals surface area contributed by atoms with E-state index in [-0.39, 0.29) is 23.9 Å². The van der Waals surface area contributed by atoms with E-state index in [2.05, 4.69) is 5.32 Å². The second-order valence-electron chi connectivity index (χ2n) is 9.38. The molecule has 170 valence electrons. The van der Waals surface area contributed by atoms with E-state index >= 15 is 0 Å². The minimum absolute atomic E-state index is 0.0280. The molecule has 1 N–H and O–H groups in total. The Labute approximate surface area is 187 Å². The maximum absolute atomic E-state index is 13.8. The Bertz CT molecular complexity index is 1060. The summed E-state index contributed by atoms with van der Waals surface area (Å²) >= 11 is 0. The summed E-state index contributed by atoms with van der Waals surface area (Å²) in [6, 6.07) is 10.7. The van der Waals surface area contributed by atoms with E-state index < -0.39 is 23.2 Å². The van der Waals surface area contributed by atoms with Gasteiger partial charge in [-0.15, -0.1) is 0 Å². The second kappa shape index (κ2) is 8.19. The fourth-order valence-electron chi connectivity index (χ4n) is 5.19. The number of nitrogens with one attached hydrogen (secondary N) is 1. The first-order valence-electron chi connectivity index (χ1n) is 11.0. The van der Waals surface area contributed by atoms with Gasteiger partial charge in [-0.2, -0.15) is 0 Å². The van der Waals surface area contributed by atoms with Gasteiger partial charge in [-0.1, -0.05) is 24.3 Å². The summed E-state index contributed by atoms with van der Waals surface area (Å²) in [5, 5.41) is 2.86. The van der Waals surface area contributed by atoms with Crippen LogP contribution in [0, 0.1) is 11.6 Å². The van der Waals surface area contributed by atoms with Crippen molar-refractivity contribution in [1.29, 1.82) is 0 Å². The fraction of sp³-hybridized carbons (Fsp3) is 0.440. The summed E-state index contributed by atoms with van der Waals surface area (Å²) in [6.45, 7) is 7.99. The van der Waals surface area contributed by atoms with Gasteiger partial charge in [0.05, 0.1) is 0 Å². The van der Waals surface area contributed by atoms with E-state index in [1.807, 2.05) is 45.0 Å². The lowest BCUT2D eigenvalue weighted by Gasteiger charge is -2.37. The molecule has 0 aromatic heterocycles. The van der Waals surface area contributed by atoms with Crippen molar-refractivity contribution in [3.8, 4) is 0 Å². The van der Waals surface area contributed by atoms with Crippen molar-refractivity contribution < 1.29 is 18.4 Å². The molecule has 5 nitrogen and oxygen atoms in total. The van der Waals surface area contributed by atoms with E-state index in [0.717, 1.165) is 23.7 Å². The molecule has 0 saturated carbocycles. The molecule has 0 bridgehead atoms. The number of benzene rings is 2. The van der Waals surface area contributed by atoms with Crippen LogP contribution in [0.1, 0.15) is 51.2 Å². The molecule has 3 amide bonds. The van der Waals surface area contributed by atoms with Crippen LogP contribution in [0.3, 0.4) is 0 Å². The number of hydrogen-bond donors (Lipinski definition) is 1. The molecule has 7 heteroatoms. The van der Waals surface area contributed by atoms with Gasteiger partial charge in [-0.25, -0.2) is 13.6 Å². The molecule has 2 aromatic rings. The number of urea groups is 1. The lowest BCUT2D eigenvalue weighted by atomic mass is 9.83. The number of para-hydroxylation sites is 1. The van der Waals surface area contributed by atoms with Crippen LogP contribution in [-0.2, 0) is 11.2 Å².